The van der Waals surface area contributed by atoms with E-state index < -0.39 is 15.1 Å². The van der Waals surface area contributed by atoms with Gasteiger partial charge >= 0.3 is 0 Å². The van der Waals surface area contributed by atoms with Crippen molar-refractivity contribution in [3.8, 4) is 0 Å². The predicted molar refractivity (Wildman–Crippen MR) is 64.4 cm³/mol. The summed E-state index contributed by atoms with van der Waals surface area (Å²) in [5.41, 5.74) is 1.42. The van der Waals surface area contributed by atoms with Gasteiger partial charge in [0.1, 0.15) is 5.25 Å². The maximum atomic E-state index is 12.0. The van der Waals surface area contributed by atoms with Crippen molar-refractivity contribution in [3.63, 3.8) is 0 Å². The van der Waals surface area contributed by atoms with Gasteiger partial charge in [0.25, 0.3) is 0 Å². The van der Waals surface area contributed by atoms with Crippen LogP contribution in [0.15, 0.2) is 24.3 Å². The minimum atomic E-state index is -3.32. The van der Waals surface area contributed by atoms with E-state index in [1.165, 1.54) is 0 Å². The van der Waals surface area contributed by atoms with Crippen molar-refractivity contribution in [2.75, 3.05) is 6.26 Å². The molecule has 0 bridgehead atoms. The van der Waals surface area contributed by atoms with E-state index in [9.17, 15) is 13.2 Å². The molecule has 0 N–H and O–H groups in total. The fraction of sp³-hybridized carbons (Fsp3) is 0.417. The molecule has 1 aromatic rings. The van der Waals surface area contributed by atoms with Crippen molar-refractivity contribution < 1.29 is 13.2 Å². The second-order valence-electron chi connectivity index (χ2n) is 3.96. The van der Waals surface area contributed by atoms with E-state index in [0.717, 1.165) is 11.8 Å². The zero-order chi connectivity index (χ0) is 12.3. The van der Waals surface area contributed by atoms with Gasteiger partial charge in [0.2, 0.25) is 0 Å². The van der Waals surface area contributed by atoms with Gasteiger partial charge < -0.3 is 0 Å². The Hall–Kier alpha value is -1.16. The second kappa shape index (κ2) is 4.78. The number of aryl methyl sites for hydroxylation is 1. The molecule has 0 aliphatic rings. The Labute approximate surface area is 96.4 Å². The first kappa shape index (κ1) is 12.9. The molecule has 4 heteroatoms. The molecular weight excluding hydrogens is 224 g/mol. The van der Waals surface area contributed by atoms with Gasteiger partial charge in [-0.25, -0.2) is 8.42 Å². The number of carbonyl (C=O) groups is 1. The maximum absolute atomic E-state index is 12.0. The smallest absolute Gasteiger partial charge is 0.180 e. The van der Waals surface area contributed by atoms with Crippen molar-refractivity contribution in [1.29, 1.82) is 0 Å². The van der Waals surface area contributed by atoms with Crippen LogP contribution in [0.3, 0.4) is 0 Å². The van der Waals surface area contributed by atoms with Gasteiger partial charge in [-0.1, -0.05) is 30.7 Å². The zero-order valence-corrected chi connectivity index (χ0v) is 10.5. The number of hydrogen-bond donors (Lipinski definition) is 0. The van der Waals surface area contributed by atoms with Gasteiger partial charge in [0.15, 0.2) is 15.6 Å². The van der Waals surface area contributed by atoms with Crippen LogP contribution in [0, 0.1) is 6.92 Å². The van der Waals surface area contributed by atoms with Crippen LogP contribution in [0.4, 0.5) is 0 Å². The summed E-state index contributed by atoms with van der Waals surface area (Å²) in [6.07, 6.45) is 1.42. The van der Waals surface area contributed by atoms with Gasteiger partial charge in [-0.3, -0.25) is 4.79 Å². The lowest BCUT2D eigenvalue weighted by atomic mass is 10.0. The molecular formula is C12H16O3S. The molecule has 0 saturated carbocycles. The molecule has 0 radical (unpaired) electrons. The molecule has 0 aromatic heterocycles. The summed E-state index contributed by atoms with van der Waals surface area (Å²) in [5, 5.41) is -0.922. The highest BCUT2D eigenvalue weighted by Crippen LogP contribution is 2.14. The summed E-state index contributed by atoms with van der Waals surface area (Å²) >= 11 is 0. The summed E-state index contributed by atoms with van der Waals surface area (Å²) in [6.45, 7) is 3.58. The standard InChI is InChI=1S/C12H16O3S/c1-4-11(16(3,14)15)12(13)10-7-5-6-9(2)8-10/h5-8,11H,4H2,1-3H3/t11-/m1/s1. The summed E-state index contributed by atoms with van der Waals surface area (Å²) in [6, 6.07) is 7.01. The molecule has 16 heavy (non-hydrogen) atoms. The van der Waals surface area contributed by atoms with Crippen molar-refractivity contribution in [2.45, 2.75) is 25.5 Å². The molecule has 1 aromatic carbocycles. The normalized spacial score (nSPS) is 13.4. The highest BCUT2D eigenvalue weighted by molar-refractivity contribution is 7.92. The van der Waals surface area contributed by atoms with Crippen molar-refractivity contribution in [1.82, 2.24) is 0 Å². The monoisotopic (exact) mass is 240 g/mol. The third kappa shape index (κ3) is 2.92. The lowest BCUT2D eigenvalue weighted by Gasteiger charge is -2.11. The highest BCUT2D eigenvalue weighted by Gasteiger charge is 2.27. The minimum Gasteiger partial charge on any atom is -0.293 e. The Morgan fingerprint density at radius 3 is 2.44 bits per heavy atom. The van der Waals surface area contributed by atoms with Gasteiger partial charge in [0.05, 0.1) is 0 Å². The lowest BCUT2D eigenvalue weighted by Crippen LogP contribution is -2.28. The number of benzene rings is 1. The van der Waals surface area contributed by atoms with Crippen LogP contribution in [0.2, 0.25) is 0 Å². The van der Waals surface area contributed by atoms with Crippen LogP contribution in [0.25, 0.3) is 0 Å². The van der Waals surface area contributed by atoms with Gasteiger partial charge in [-0.05, 0) is 19.4 Å². The Bertz CT molecular complexity index is 489. The molecule has 0 aliphatic heterocycles. The average Bonchev–Trinajstić information content (AvgIpc) is 2.16. The number of rotatable bonds is 4. The topological polar surface area (TPSA) is 51.2 Å². The first-order chi connectivity index (χ1) is 7.36. The van der Waals surface area contributed by atoms with Crippen molar-refractivity contribution in [3.05, 3.63) is 35.4 Å². The highest BCUT2D eigenvalue weighted by atomic mass is 32.2. The van der Waals surface area contributed by atoms with E-state index in [2.05, 4.69) is 0 Å². The van der Waals surface area contributed by atoms with E-state index in [0.29, 0.717) is 12.0 Å². The van der Waals surface area contributed by atoms with E-state index in [-0.39, 0.29) is 5.78 Å². The number of ketones is 1. The fourth-order valence-electron chi connectivity index (χ4n) is 1.67. The first-order valence-electron chi connectivity index (χ1n) is 5.16. The maximum Gasteiger partial charge on any atom is 0.180 e. The van der Waals surface area contributed by atoms with Gasteiger partial charge in [0, 0.05) is 11.8 Å². The number of carbonyl (C=O) groups excluding carboxylic acids is 1. The Kier molecular flexibility index (Phi) is 3.86. The molecule has 3 nitrogen and oxygen atoms in total. The molecule has 0 saturated heterocycles. The van der Waals surface area contributed by atoms with Crippen LogP contribution >= 0.6 is 0 Å². The SMILES string of the molecule is CC[C@H](C(=O)c1cccc(C)c1)S(C)(=O)=O. The van der Waals surface area contributed by atoms with Crippen LogP contribution in [-0.4, -0.2) is 25.7 Å². The summed E-state index contributed by atoms with van der Waals surface area (Å²) in [5.74, 6) is -0.311. The first-order valence-corrected chi connectivity index (χ1v) is 7.11. The Morgan fingerprint density at radius 1 is 1.38 bits per heavy atom. The minimum absolute atomic E-state index is 0.311. The Balaban J connectivity index is 3.11. The molecule has 1 atom stereocenters. The van der Waals surface area contributed by atoms with Gasteiger partial charge in [-0.2, -0.15) is 0 Å². The summed E-state index contributed by atoms with van der Waals surface area (Å²) in [4.78, 5) is 12.0. The largest absolute Gasteiger partial charge is 0.293 e. The predicted octanol–water partition coefficient (Wildman–Crippen LogP) is 2.00. The molecule has 1 rings (SSSR count). The van der Waals surface area contributed by atoms with Crippen LogP contribution in [-0.2, 0) is 9.84 Å². The molecule has 0 aliphatic carbocycles. The summed E-state index contributed by atoms with van der Waals surface area (Å²) in [7, 11) is -3.32. The quantitative estimate of drug-likeness (QED) is 0.756. The van der Waals surface area contributed by atoms with Crippen molar-refractivity contribution >= 4 is 15.6 Å². The number of hydrogen-bond acceptors (Lipinski definition) is 3. The second-order valence-corrected chi connectivity index (χ2v) is 6.19. The van der Waals surface area contributed by atoms with E-state index >= 15 is 0 Å². The third-order valence-corrected chi connectivity index (χ3v) is 4.06. The molecule has 0 fully saturated rings. The molecule has 0 heterocycles. The van der Waals surface area contributed by atoms with Crippen LogP contribution < -0.4 is 0 Å². The fourth-order valence-corrected chi connectivity index (χ4v) is 2.80. The molecule has 0 amide bonds. The van der Waals surface area contributed by atoms with Crippen LogP contribution in [0.5, 0.6) is 0 Å². The number of sulfone groups is 1. The van der Waals surface area contributed by atoms with E-state index in [4.69, 9.17) is 0 Å². The molecule has 0 unspecified atom stereocenters. The summed E-state index contributed by atoms with van der Waals surface area (Å²) < 4.78 is 22.9. The van der Waals surface area contributed by atoms with Crippen molar-refractivity contribution in [2.24, 2.45) is 0 Å². The lowest BCUT2D eigenvalue weighted by molar-refractivity contribution is 0.0985. The zero-order valence-electron chi connectivity index (χ0n) is 9.73. The third-order valence-electron chi connectivity index (χ3n) is 2.48. The number of Topliss-reactive ketones (excluding diaryl/α,β-unsaturated/α-hetero) is 1. The van der Waals surface area contributed by atoms with E-state index in [1.54, 1.807) is 25.1 Å². The Morgan fingerprint density at radius 2 is 2.00 bits per heavy atom. The van der Waals surface area contributed by atoms with E-state index in [1.807, 2.05) is 13.0 Å². The molecule has 0 spiro atoms. The van der Waals surface area contributed by atoms with Crippen LogP contribution in [0.1, 0.15) is 29.3 Å². The van der Waals surface area contributed by atoms with Gasteiger partial charge in [-0.15, -0.1) is 0 Å². The average molecular weight is 240 g/mol. The molecule has 88 valence electrons.